The summed E-state index contributed by atoms with van der Waals surface area (Å²) in [6, 6.07) is 3.74. The molecule has 3 heteroatoms. The maximum Gasteiger partial charge on any atom is 0.121 e. The fraction of sp³-hybridized carbons (Fsp3) is 0.538. The van der Waals surface area contributed by atoms with Gasteiger partial charge in [0, 0.05) is 5.54 Å². The van der Waals surface area contributed by atoms with Gasteiger partial charge < -0.3 is 15.6 Å². The molecule has 88 valence electrons. The minimum Gasteiger partial charge on any atom is -0.507 e. The van der Waals surface area contributed by atoms with Gasteiger partial charge in [0.15, 0.2) is 0 Å². The van der Waals surface area contributed by atoms with Crippen molar-refractivity contribution < 1.29 is 9.84 Å². The Kier molecular flexibility index (Phi) is 2.80. The van der Waals surface area contributed by atoms with Crippen molar-refractivity contribution >= 4 is 0 Å². The van der Waals surface area contributed by atoms with Crippen LogP contribution in [-0.2, 0) is 6.42 Å². The summed E-state index contributed by atoms with van der Waals surface area (Å²) < 4.78 is 5.20. The molecule has 0 spiro atoms. The molecule has 3 nitrogen and oxygen atoms in total. The molecule has 1 aliphatic carbocycles. The van der Waals surface area contributed by atoms with E-state index in [4.69, 9.17) is 10.5 Å². The number of hydrogen-bond donors (Lipinski definition) is 2. The molecular formula is C13H19NO2. The maximum absolute atomic E-state index is 9.94. The highest BCUT2D eigenvalue weighted by molar-refractivity contribution is 5.45. The predicted molar refractivity (Wildman–Crippen MR) is 63.9 cm³/mol. The highest BCUT2D eigenvalue weighted by Gasteiger charge is 2.37. The second kappa shape index (κ2) is 3.98. The highest BCUT2D eigenvalue weighted by atomic mass is 16.5. The van der Waals surface area contributed by atoms with Crippen molar-refractivity contribution in [1.82, 2.24) is 0 Å². The molecule has 1 saturated carbocycles. The normalized spacial score (nSPS) is 17.2. The van der Waals surface area contributed by atoms with E-state index in [1.807, 2.05) is 19.1 Å². The van der Waals surface area contributed by atoms with E-state index in [0.717, 1.165) is 42.6 Å². The Labute approximate surface area is 96.2 Å². The lowest BCUT2D eigenvalue weighted by Crippen LogP contribution is -2.22. The van der Waals surface area contributed by atoms with Crippen molar-refractivity contribution in [2.24, 2.45) is 5.73 Å². The molecule has 0 saturated heterocycles. The van der Waals surface area contributed by atoms with E-state index >= 15 is 0 Å². The van der Waals surface area contributed by atoms with E-state index < -0.39 is 0 Å². The molecule has 1 aromatic rings. The Hall–Kier alpha value is -1.22. The van der Waals surface area contributed by atoms with Gasteiger partial charge in [0.2, 0.25) is 0 Å². The summed E-state index contributed by atoms with van der Waals surface area (Å²) in [5, 5.41) is 9.94. The number of phenolic OH excluding ortho intramolecular Hbond substituents is 1. The minimum absolute atomic E-state index is 0.0312. The molecule has 0 heterocycles. The van der Waals surface area contributed by atoms with E-state index in [1.54, 1.807) is 7.11 Å². The summed E-state index contributed by atoms with van der Waals surface area (Å²) in [4.78, 5) is 0. The summed E-state index contributed by atoms with van der Waals surface area (Å²) >= 11 is 0. The summed E-state index contributed by atoms with van der Waals surface area (Å²) in [7, 11) is 1.64. The molecule has 1 fully saturated rings. The number of ether oxygens (including phenoxy) is 1. The first-order chi connectivity index (χ1) is 7.54. The number of benzene rings is 1. The summed E-state index contributed by atoms with van der Waals surface area (Å²) in [5.41, 5.74) is 7.87. The average Bonchev–Trinajstić information content (AvgIpc) is 2.99. The molecule has 16 heavy (non-hydrogen) atoms. The van der Waals surface area contributed by atoms with Crippen molar-refractivity contribution in [3.8, 4) is 11.5 Å². The summed E-state index contributed by atoms with van der Waals surface area (Å²) in [5.74, 6) is 1.18. The van der Waals surface area contributed by atoms with Crippen LogP contribution in [0.1, 0.15) is 30.4 Å². The first kappa shape index (κ1) is 11.3. The van der Waals surface area contributed by atoms with Crippen LogP contribution in [0.15, 0.2) is 12.1 Å². The lowest BCUT2D eigenvalue weighted by atomic mass is 10.0. The number of hydrogen-bond acceptors (Lipinski definition) is 3. The van der Waals surface area contributed by atoms with Crippen molar-refractivity contribution in [3.63, 3.8) is 0 Å². The van der Waals surface area contributed by atoms with E-state index in [2.05, 4.69) is 0 Å². The van der Waals surface area contributed by atoms with Crippen LogP contribution in [0.4, 0.5) is 0 Å². The Morgan fingerprint density at radius 2 is 2.12 bits per heavy atom. The van der Waals surface area contributed by atoms with E-state index in [-0.39, 0.29) is 5.54 Å². The van der Waals surface area contributed by atoms with Crippen LogP contribution in [0.25, 0.3) is 0 Å². The van der Waals surface area contributed by atoms with Crippen LogP contribution in [0.3, 0.4) is 0 Å². The molecular weight excluding hydrogens is 202 g/mol. The van der Waals surface area contributed by atoms with E-state index in [0.29, 0.717) is 5.75 Å². The highest BCUT2D eigenvalue weighted by Crippen LogP contribution is 2.38. The molecule has 0 bridgehead atoms. The predicted octanol–water partition coefficient (Wildman–Crippen LogP) is 2.13. The number of nitrogens with two attached hydrogens (primary N) is 1. The SMILES string of the molecule is COc1cc(C)c(O)c(CCC2(N)CC2)c1. The number of methoxy groups -OCH3 is 1. The van der Waals surface area contributed by atoms with Gasteiger partial charge in [0.05, 0.1) is 7.11 Å². The standard InChI is InChI=1S/C13H19NO2/c1-9-7-11(16-2)8-10(12(9)15)3-4-13(14)5-6-13/h7-8,15H,3-6,14H2,1-2H3. The second-order valence-corrected chi connectivity index (χ2v) is 4.81. The Balaban J connectivity index is 2.15. The Bertz CT molecular complexity index is 397. The molecule has 0 aliphatic heterocycles. The van der Waals surface area contributed by atoms with Gasteiger partial charge >= 0.3 is 0 Å². The smallest absolute Gasteiger partial charge is 0.121 e. The first-order valence-corrected chi connectivity index (χ1v) is 5.69. The summed E-state index contributed by atoms with van der Waals surface area (Å²) in [6.07, 6.45) is 3.97. The van der Waals surface area contributed by atoms with Gasteiger partial charge in [0.25, 0.3) is 0 Å². The van der Waals surface area contributed by atoms with Crippen molar-refractivity contribution in [1.29, 1.82) is 0 Å². The molecule has 0 atom stereocenters. The fourth-order valence-electron chi connectivity index (χ4n) is 1.92. The van der Waals surface area contributed by atoms with Crippen LogP contribution >= 0.6 is 0 Å². The quantitative estimate of drug-likeness (QED) is 0.819. The van der Waals surface area contributed by atoms with Gasteiger partial charge in [-0.15, -0.1) is 0 Å². The van der Waals surface area contributed by atoms with Crippen LogP contribution in [0, 0.1) is 6.92 Å². The third-order valence-corrected chi connectivity index (χ3v) is 3.37. The van der Waals surface area contributed by atoms with Gasteiger partial charge in [-0.1, -0.05) is 0 Å². The molecule has 0 radical (unpaired) electrons. The van der Waals surface area contributed by atoms with Crippen molar-refractivity contribution in [2.45, 2.75) is 38.1 Å². The summed E-state index contributed by atoms with van der Waals surface area (Å²) in [6.45, 7) is 1.89. The largest absolute Gasteiger partial charge is 0.507 e. The second-order valence-electron chi connectivity index (χ2n) is 4.81. The fourth-order valence-corrected chi connectivity index (χ4v) is 1.92. The van der Waals surface area contributed by atoms with Gasteiger partial charge in [-0.25, -0.2) is 0 Å². The minimum atomic E-state index is 0.0312. The molecule has 1 aliphatic rings. The van der Waals surface area contributed by atoms with E-state index in [1.165, 1.54) is 0 Å². The zero-order valence-corrected chi connectivity index (χ0v) is 9.92. The third-order valence-electron chi connectivity index (χ3n) is 3.37. The van der Waals surface area contributed by atoms with Gasteiger partial charge in [0.1, 0.15) is 11.5 Å². The number of aromatic hydroxyl groups is 1. The maximum atomic E-state index is 9.94. The van der Waals surface area contributed by atoms with Crippen LogP contribution < -0.4 is 10.5 Å². The van der Waals surface area contributed by atoms with Gasteiger partial charge in [-0.3, -0.25) is 0 Å². The third kappa shape index (κ3) is 2.30. The Morgan fingerprint density at radius 1 is 1.44 bits per heavy atom. The van der Waals surface area contributed by atoms with E-state index in [9.17, 15) is 5.11 Å². The number of phenols is 1. The molecule has 2 rings (SSSR count). The molecule has 3 N–H and O–H groups in total. The molecule has 0 unspecified atom stereocenters. The van der Waals surface area contributed by atoms with Crippen molar-refractivity contribution in [3.05, 3.63) is 23.3 Å². The lowest BCUT2D eigenvalue weighted by Gasteiger charge is -2.12. The van der Waals surface area contributed by atoms with Gasteiger partial charge in [-0.2, -0.15) is 0 Å². The lowest BCUT2D eigenvalue weighted by molar-refractivity contribution is 0.409. The topological polar surface area (TPSA) is 55.5 Å². The van der Waals surface area contributed by atoms with Crippen molar-refractivity contribution in [2.75, 3.05) is 7.11 Å². The molecule has 0 aromatic heterocycles. The van der Waals surface area contributed by atoms with Gasteiger partial charge in [-0.05, 0) is 55.9 Å². The van der Waals surface area contributed by atoms with Crippen LogP contribution in [-0.4, -0.2) is 17.8 Å². The zero-order chi connectivity index (χ0) is 11.8. The molecule has 1 aromatic carbocycles. The monoisotopic (exact) mass is 221 g/mol. The van der Waals surface area contributed by atoms with Crippen LogP contribution in [0.2, 0.25) is 0 Å². The number of rotatable bonds is 4. The number of aryl methyl sites for hydroxylation is 2. The molecule has 0 amide bonds. The first-order valence-electron chi connectivity index (χ1n) is 5.69. The average molecular weight is 221 g/mol. The Morgan fingerprint density at radius 3 is 2.69 bits per heavy atom. The van der Waals surface area contributed by atoms with Crippen LogP contribution in [0.5, 0.6) is 11.5 Å². The zero-order valence-electron chi connectivity index (χ0n) is 9.92.